The average molecular weight is 334 g/mol. The lowest BCUT2D eigenvalue weighted by Gasteiger charge is -2.21. The average Bonchev–Trinajstić information content (AvgIpc) is 2.39. The van der Waals surface area contributed by atoms with E-state index in [1.54, 1.807) is 6.92 Å². The highest BCUT2D eigenvalue weighted by atomic mass is 32.2. The molecule has 0 aromatic carbocycles. The van der Waals surface area contributed by atoms with Crippen LogP contribution in [-0.2, 0) is 10.0 Å². The summed E-state index contributed by atoms with van der Waals surface area (Å²) in [4.78, 5) is 4.05. The molecule has 1 aromatic heterocycles. The van der Waals surface area contributed by atoms with Crippen LogP contribution in [0.3, 0.4) is 0 Å². The number of aliphatic hydroxyl groups excluding tert-OH is 1. The quantitative estimate of drug-likeness (QED) is 0.744. The summed E-state index contributed by atoms with van der Waals surface area (Å²) in [5, 5.41) is 9.00. The first-order valence-electron chi connectivity index (χ1n) is 6.59. The smallest absolute Gasteiger partial charge is 0.242 e. The van der Waals surface area contributed by atoms with Crippen LogP contribution in [0.2, 0.25) is 0 Å². The van der Waals surface area contributed by atoms with Crippen LogP contribution in [0.15, 0.2) is 23.2 Å². The molecule has 2 atom stereocenters. The molecule has 0 aliphatic carbocycles. The van der Waals surface area contributed by atoms with E-state index in [1.165, 1.54) is 30.1 Å². The van der Waals surface area contributed by atoms with Gasteiger partial charge in [-0.2, -0.15) is 11.8 Å². The Hall–Kier alpha value is -0.830. The van der Waals surface area contributed by atoms with E-state index in [2.05, 4.69) is 9.71 Å². The molecule has 120 valence electrons. The lowest BCUT2D eigenvalue weighted by Crippen LogP contribution is -2.41. The number of hydrogen-bond donors (Lipinski definition) is 2. The van der Waals surface area contributed by atoms with E-state index in [0.717, 1.165) is 0 Å². The van der Waals surface area contributed by atoms with Crippen molar-refractivity contribution in [2.24, 2.45) is 0 Å². The summed E-state index contributed by atoms with van der Waals surface area (Å²) in [5.74, 6) is 0.384. The monoisotopic (exact) mass is 334 g/mol. The van der Waals surface area contributed by atoms with E-state index < -0.39 is 10.0 Å². The summed E-state index contributed by atoms with van der Waals surface area (Å²) >= 11 is 1.41. The summed E-state index contributed by atoms with van der Waals surface area (Å²) in [6.07, 6.45) is 3.07. The summed E-state index contributed by atoms with van der Waals surface area (Å²) in [6.45, 7) is 5.36. The molecule has 21 heavy (non-hydrogen) atoms. The van der Waals surface area contributed by atoms with Gasteiger partial charge in [-0.1, -0.05) is 0 Å². The third-order valence-electron chi connectivity index (χ3n) is 2.76. The van der Waals surface area contributed by atoms with Crippen molar-refractivity contribution >= 4 is 21.8 Å². The normalized spacial score (nSPS) is 15.0. The molecule has 0 saturated carbocycles. The van der Waals surface area contributed by atoms with Gasteiger partial charge in [0.2, 0.25) is 15.9 Å². The minimum absolute atomic E-state index is 0.0232. The van der Waals surface area contributed by atoms with E-state index in [4.69, 9.17) is 4.74 Å². The Bertz CT molecular complexity index is 528. The second kappa shape index (κ2) is 7.98. The van der Waals surface area contributed by atoms with Crippen LogP contribution >= 0.6 is 11.8 Å². The molecule has 0 aliphatic rings. The number of hydrogen-bond acceptors (Lipinski definition) is 6. The molecule has 0 bridgehead atoms. The van der Waals surface area contributed by atoms with Gasteiger partial charge in [0.1, 0.15) is 4.90 Å². The van der Waals surface area contributed by atoms with Crippen LogP contribution in [0, 0.1) is 0 Å². The SMILES string of the molecule is CSC(CO)C(C)NS(=O)(=O)c1ccc(OC(C)C)nc1. The minimum atomic E-state index is -3.66. The number of nitrogens with one attached hydrogen (secondary N) is 1. The Morgan fingerprint density at radius 3 is 2.48 bits per heavy atom. The van der Waals surface area contributed by atoms with Crippen LogP contribution in [0.25, 0.3) is 0 Å². The number of aromatic nitrogens is 1. The van der Waals surface area contributed by atoms with Gasteiger partial charge in [-0.3, -0.25) is 0 Å². The third kappa shape index (κ3) is 5.46. The van der Waals surface area contributed by atoms with Crippen molar-refractivity contribution in [2.45, 2.75) is 43.1 Å². The second-order valence-electron chi connectivity index (χ2n) is 4.87. The maximum Gasteiger partial charge on any atom is 0.242 e. The zero-order valence-corrected chi connectivity index (χ0v) is 14.2. The van der Waals surface area contributed by atoms with Crippen molar-refractivity contribution in [1.82, 2.24) is 9.71 Å². The first kappa shape index (κ1) is 18.2. The Morgan fingerprint density at radius 2 is 2.05 bits per heavy atom. The number of nitrogens with zero attached hydrogens (tertiary/aromatic N) is 1. The molecule has 0 radical (unpaired) electrons. The molecule has 0 saturated heterocycles. The largest absolute Gasteiger partial charge is 0.475 e. The van der Waals surface area contributed by atoms with Gasteiger partial charge < -0.3 is 9.84 Å². The fourth-order valence-corrected chi connectivity index (χ4v) is 3.60. The zero-order valence-electron chi connectivity index (χ0n) is 12.6. The van der Waals surface area contributed by atoms with Gasteiger partial charge in [0.15, 0.2) is 0 Å². The van der Waals surface area contributed by atoms with E-state index in [0.29, 0.717) is 5.88 Å². The van der Waals surface area contributed by atoms with Crippen molar-refractivity contribution in [2.75, 3.05) is 12.9 Å². The van der Waals surface area contributed by atoms with Crippen LogP contribution in [-0.4, -0.2) is 48.8 Å². The topological polar surface area (TPSA) is 88.5 Å². The Kier molecular flexibility index (Phi) is 6.92. The second-order valence-corrected chi connectivity index (χ2v) is 7.66. The number of ether oxygens (including phenoxy) is 1. The number of rotatable bonds is 8. The van der Waals surface area contributed by atoms with Crippen molar-refractivity contribution in [1.29, 1.82) is 0 Å². The number of sulfonamides is 1. The maximum atomic E-state index is 12.2. The van der Waals surface area contributed by atoms with E-state index >= 15 is 0 Å². The molecule has 0 amide bonds. The number of thioether (sulfide) groups is 1. The van der Waals surface area contributed by atoms with Crippen LogP contribution in [0.1, 0.15) is 20.8 Å². The summed E-state index contributed by atoms with van der Waals surface area (Å²) in [7, 11) is -3.66. The number of aliphatic hydroxyl groups is 1. The molecule has 1 rings (SSSR count). The van der Waals surface area contributed by atoms with Crippen molar-refractivity contribution in [3.8, 4) is 5.88 Å². The van der Waals surface area contributed by atoms with Crippen LogP contribution in [0.4, 0.5) is 0 Å². The molecule has 2 unspecified atom stereocenters. The summed E-state index contributed by atoms with van der Waals surface area (Å²) in [5.41, 5.74) is 0. The summed E-state index contributed by atoms with van der Waals surface area (Å²) < 4.78 is 32.4. The van der Waals surface area contributed by atoms with Crippen molar-refractivity contribution in [3.05, 3.63) is 18.3 Å². The maximum absolute atomic E-state index is 12.2. The fraction of sp³-hybridized carbons (Fsp3) is 0.615. The van der Waals surface area contributed by atoms with E-state index in [1.807, 2.05) is 20.1 Å². The zero-order chi connectivity index (χ0) is 16.0. The molecule has 6 nitrogen and oxygen atoms in total. The lowest BCUT2D eigenvalue weighted by molar-refractivity contribution is 0.232. The van der Waals surface area contributed by atoms with Gasteiger partial charge in [0.25, 0.3) is 0 Å². The number of pyridine rings is 1. The van der Waals surface area contributed by atoms with Gasteiger partial charge in [0, 0.05) is 17.4 Å². The Balaban J connectivity index is 2.83. The van der Waals surface area contributed by atoms with Crippen LogP contribution in [0.5, 0.6) is 5.88 Å². The van der Waals surface area contributed by atoms with Gasteiger partial charge in [-0.25, -0.2) is 18.1 Å². The Morgan fingerprint density at radius 1 is 1.38 bits per heavy atom. The molecule has 2 N–H and O–H groups in total. The molecular formula is C13H22N2O4S2. The first-order chi connectivity index (χ1) is 9.80. The molecule has 0 aliphatic heterocycles. The molecule has 8 heteroatoms. The lowest BCUT2D eigenvalue weighted by atomic mass is 10.3. The van der Waals surface area contributed by atoms with Crippen LogP contribution < -0.4 is 9.46 Å². The van der Waals surface area contributed by atoms with Crippen molar-refractivity contribution < 1.29 is 18.3 Å². The van der Waals surface area contributed by atoms with Crippen molar-refractivity contribution in [3.63, 3.8) is 0 Å². The Labute approximate surface area is 130 Å². The predicted molar refractivity (Wildman–Crippen MR) is 84.2 cm³/mol. The minimum Gasteiger partial charge on any atom is -0.475 e. The predicted octanol–water partition coefficient (Wildman–Crippen LogP) is 1.26. The van der Waals surface area contributed by atoms with Gasteiger partial charge in [0.05, 0.1) is 18.9 Å². The van der Waals surface area contributed by atoms with Gasteiger partial charge in [-0.15, -0.1) is 0 Å². The van der Waals surface area contributed by atoms with E-state index in [-0.39, 0.29) is 28.9 Å². The molecule has 1 heterocycles. The van der Waals surface area contributed by atoms with Gasteiger partial charge >= 0.3 is 0 Å². The summed E-state index contributed by atoms with van der Waals surface area (Å²) in [6, 6.07) is 2.59. The molecule has 0 fully saturated rings. The highest BCUT2D eigenvalue weighted by Gasteiger charge is 2.23. The van der Waals surface area contributed by atoms with Gasteiger partial charge in [-0.05, 0) is 33.1 Å². The highest BCUT2D eigenvalue weighted by molar-refractivity contribution is 7.99. The molecule has 1 aromatic rings. The standard InChI is InChI=1S/C13H22N2O4S2/c1-9(2)19-13-6-5-11(7-14-13)21(17,18)15-10(3)12(8-16)20-4/h5-7,9-10,12,15-16H,8H2,1-4H3. The first-order valence-corrected chi connectivity index (χ1v) is 9.36. The molecular weight excluding hydrogens is 312 g/mol. The third-order valence-corrected chi connectivity index (χ3v) is 5.46. The highest BCUT2D eigenvalue weighted by Crippen LogP contribution is 2.16. The van der Waals surface area contributed by atoms with E-state index in [9.17, 15) is 13.5 Å². The fourth-order valence-electron chi connectivity index (χ4n) is 1.66. The molecule has 0 spiro atoms.